The molecule has 0 atom stereocenters. The van der Waals surface area contributed by atoms with Crippen LogP contribution in [0.25, 0.3) is 16.7 Å². The Labute approximate surface area is 202 Å². The number of carbonyl (C=O) groups excluding carboxylic acids is 1. The number of anilines is 1. The molecule has 2 heterocycles. The summed E-state index contributed by atoms with van der Waals surface area (Å²) in [5.74, 6) is -0.687. The Morgan fingerprint density at radius 3 is 2.59 bits per heavy atom. The zero-order valence-electron chi connectivity index (χ0n) is 17.6. The average molecular weight is 494 g/mol. The molecule has 0 aliphatic rings. The fourth-order valence-corrected chi connectivity index (χ4v) is 4.54. The van der Waals surface area contributed by atoms with Gasteiger partial charge in [0.2, 0.25) is 11.7 Å². The fourth-order valence-electron chi connectivity index (χ4n) is 3.64. The quantitative estimate of drug-likeness (QED) is 0.349. The summed E-state index contributed by atoms with van der Waals surface area (Å²) in [5.41, 5.74) is 1.46. The van der Waals surface area contributed by atoms with Crippen LogP contribution < -0.4 is 10.9 Å². The predicted octanol–water partition coefficient (Wildman–Crippen LogP) is 4.62. The zero-order chi connectivity index (χ0) is 23.7. The first kappa shape index (κ1) is 22.1. The molecule has 0 bridgehead atoms. The van der Waals surface area contributed by atoms with Gasteiger partial charge in [0.15, 0.2) is 5.16 Å². The lowest BCUT2D eigenvalue weighted by molar-refractivity contribution is -0.113. The average Bonchev–Trinajstić information content (AvgIpc) is 3.27. The number of hydrogen-bond donors (Lipinski definition) is 1. The first-order valence-electron chi connectivity index (χ1n) is 10.3. The van der Waals surface area contributed by atoms with Gasteiger partial charge in [-0.3, -0.25) is 18.6 Å². The minimum Gasteiger partial charge on any atom is -0.323 e. The van der Waals surface area contributed by atoms with Crippen LogP contribution in [-0.2, 0) is 11.3 Å². The molecule has 0 aliphatic carbocycles. The summed E-state index contributed by atoms with van der Waals surface area (Å²) in [6, 6.07) is 20.8. The highest BCUT2D eigenvalue weighted by atomic mass is 35.5. The Balaban J connectivity index is 1.49. The van der Waals surface area contributed by atoms with Crippen molar-refractivity contribution in [1.82, 2.24) is 19.2 Å². The monoisotopic (exact) mass is 493 g/mol. The SMILES string of the molecule is O=C(CSc1nnc2n(Cc3ccccc3)c(=O)c3ccccc3n12)Nc1ccc(Cl)cc1F. The standard InChI is InChI=1S/C24H17ClFN5O2S/c25-16-10-11-19(18(26)12-16)27-21(32)14-34-24-29-28-23-30(13-15-6-2-1-3-7-15)22(33)17-8-4-5-9-20(17)31(23)24/h1-12H,13-14H2,(H,27,32). The summed E-state index contributed by atoms with van der Waals surface area (Å²) >= 11 is 6.90. The molecule has 0 saturated heterocycles. The Hall–Kier alpha value is -3.69. The number of fused-ring (bicyclic) bond motifs is 3. The van der Waals surface area contributed by atoms with Crippen LogP contribution in [0.3, 0.4) is 0 Å². The van der Waals surface area contributed by atoms with Crippen LogP contribution in [0.2, 0.25) is 5.02 Å². The molecule has 5 rings (SSSR count). The van der Waals surface area contributed by atoms with Crippen molar-refractivity contribution in [3.05, 3.63) is 99.6 Å². The molecule has 1 N–H and O–H groups in total. The molecule has 1 amide bonds. The zero-order valence-corrected chi connectivity index (χ0v) is 19.2. The van der Waals surface area contributed by atoms with E-state index in [1.54, 1.807) is 21.1 Å². The number of thioether (sulfide) groups is 1. The normalized spacial score (nSPS) is 11.2. The van der Waals surface area contributed by atoms with Crippen LogP contribution in [0.5, 0.6) is 0 Å². The van der Waals surface area contributed by atoms with E-state index in [-0.39, 0.29) is 22.0 Å². The maximum Gasteiger partial charge on any atom is 0.263 e. The molecule has 0 saturated carbocycles. The molecule has 34 heavy (non-hydrogen) atoms. The second kappa shape index (κ2) is 9.28. The molecular weight excluding hydrogens is 477 g/mol. The van der Waals surface area contributed by atoms with Crippen molar-refractivity contribution in [2.24, 2.45) is 0 Å². The lowest BCUT2D eigenvalue weighted by Crippen LogP contribution is -2.24. The van der Waals surface area contributed by atoms with E-state index >= 15 is 0 Å². The van der Waals surface area contributed by atoms with Crippen molar-refractivity contribution in [3.63, 3.8) is 0 Å². The van der Waals surface area contributed by atoms with E-state index in [0.29, 0.717) is 28.4 Å². The minimum absolute atomic E-state index is 0.0327. The van der Waals surface area contributed by atoms with Crippen molar-refractivity contribution >= 4 is 51.6 Å². The van der Waals surface area contributed by atoms with Crippen molar-refractivity contribution in [2.75, 3.05) is 11.1 Å². The molecular formula is C24H17ClFN5O2S. The highest BCUT2D eigenvalue weighted by Crippen LogP contribution is 2.23. The number of para-hydroxylation sites is 1. The fraction of sp³-hybridized carbons (Fsp3) is 0.0833. The smallest absolute Gasteiger partial charge is 0.263 e. The van der Waals surface area contributed by atoms with Crippen LogP contribution in [-0.4, -0.2) is 30.8 Å². The van der Waals surface area contributed by atoms with Crippen LogP contribution in [0.1, 0.15) is 5.56 Å². The summed E-state index contributed by atoms with van der Waals surface area (Å²) in [6.45, 7) is 0.327. The van der Waals surface area contributed by atoms with Crippen molar-refractivity contribution in [3.8, 4) is 0 Å². The molecule has 0 aliphatic heterocycles. The molecule has 2 aromatic heterocycles. The number of benzene rings is 3. The molecule has 0 fully saturated rings. The van der Waals surface area contributed by atoms with E-state index in [4.69, 9.17) is 11.6 Å². The van der Waals surface area contributed by atoms with Gasteiger partial charge in [-0.15, -0.1) is 10.2 Å². The van der Waals surface area contributed by atoms with Gasteiger partial charge in [0, 0.05) is 5.02 Å². The third-order valence-corrected chi connectivity index (χ3v) is 6.36. The molecule has 7 nitrogen and oxygen atoms in total. The van der Waals surface area contributed by atoms with Gasteiger partial charge in [0.1, 0.15) is 5.82 Å². The maximum atomic E-state index is 14.0. The van der Waals surface area contributed by atoms with E-state index in [2.05, 4.69) is 15.5 Å². The third kappa shape index (κ3) is 4.27. The Morgan fingerprint density at radius 2 is 1.79 bits per heavy atom. The summed E-state index contributed by atoms with van der Waals surface area (Å²) in [6.07, 6.45) is 0. The lowest BCUT2D eigenvalue weighted by atomic mass is 10.2. The van der Waals surface area contributed by atoms with E-state index in [0.717, 1.165) is 23.4 Å². The van der Waals surface area contributed by atoms with E-state index in [1.165, 1.54) is 12.1 Å². The lowest BCUT2D eigenvalue weighted by Gasteiger charge is -2.11. The summed E-state index contributed by atoms with van der Waals surface area (Å²) in [5, 5.41) is 12.2. The van der Waals surface area contributed by atoms with Crippen LogP contribution in [0.15, 0.2) is 82.7 Å². The van der Waals surface area contributed by atoms with Gasteiger partial charge in [-0.1, -0.05) is 65.8 Å². The van der Waals surface area contributed by atoms with Crippen LogP contribution >= 0.6 is 23.4 Å². The number of halogens is 2. The number of amides is 1. The summed E-state index contributed by atoms with van der Waals surface area (Å²) in [4.78, 5) is 25.7. The topological polar surface area (TPSA) is 81.3 Å². The largest absolute Gasteiger partial charge is 0.323 e. The van der Waals surface area contributed by atoms with Crippen molar-refractivity contribution in [2.45, 2.75) is 11.7 Å². The Morgan fingerprint density at radius 1 is 1.03 bits per heavy atom. The number of rotatable bonds is 6. The maximum absolute atomic E-state index is 14.0. The number of carbonyl (C=O) groups is 1. The minimum atomic E-state index is -0.616. The van der Waals surface area contributed by atoms with Gasteiger partial charge in [-0.05, 0) is 35.9 Å². The van der Waals surface area contributed by atoms with Gasteiger partial charge in [0.25, 0.3) is 5.56 Å². The first-order valence-corrected chi connectivity index (χ1v) is 11.7. The molecule has 10 heteroatoms. The van der Waals surface area contributed by atoms with E-state index < -0.39 is 11.7 Å². The van der Waals surface area contributed by atoms with E-state index in [9.17, 15) is 14.0 Å². The molecule has 0 unspecified atom stereocenters. The first-order chi connectivity index (χ1) is 16.5. The summed E-state index contributed by atoms with van der Waals surface area (Å²) in [7, 11) is 0. The van der Waals surface area contributed by atoms with Crippen molar-refractivity contribution in [1.29, 1.82) is 0 Å². The van der Waals surface area contributed by atoms with Crippen LogP contribution in [0.4, 0.5) is 10.1 Å². The molecule has 3 aromatic carbocycles. The van der Waals surface area contributed by atoms with Gasteiger partial charge in [-0.25, -0.2) is 4.39 Å². The van der Waals surface area contributed by atoms with Gasteiger partial charge < -0.3 is 5.32 Å². The highest BCUT2D eigenvalue weighted by Gasteiger charge is 2.18. The summed E-state index contributed by atoms with van der Waals surface area (Å²) < 4.78 is 17.3. The molecule has 0 radical (unpaired) electrons. The van der Waals surface area contributed by atoms with E-state index in [1.807, 2.05) is 42.5 Å². The highest BCUT2D eigenvalue weighted by molar-refractivity contribution is 7.99. The molecule has 170 valence electrons. The third-order valence-electron chi connectivity index (χ3n) is 5.20. The number of nitrogens with one attached hydrogen (secondary N) is 1. The molecule has 0 spiro atoms. The number of hydrogen-bond acceptors (Lipinski definition) is 5. The molecule has 5 aromatic rings. The second-order valence-electron chi connectivity index (χ2n) is 7.47. The Kier molecular flexibility index (Phi) is 6.04. The number of aromatic nitrogens is 4. The number of nitrogens with zero attached hydrogens (tertiary/aromatic N) is 4. The second-order valence-corrected chi connectivity index (χ2v) is 8.85. The van der Waals surface area contributed by atoms with Gasteiger partial charge in [-0.2, -0.15) is 0 Å². The predicted molar refractivity (Wildman–Crippen MR) is 131 cm³/mol. The van der Waals surface area contributed by atoms with Gasteiger partial charge in [0.05, 0.1) is 28.9 Å². The van der Waals surface area contributed by atoms with Gasteiger partial charge >= 0.3 is 0 Å². The Bertz CT molecular complexity index is 1590. The van der Waals surface area contributed by atoms with Crippen molar-refractivity contribution < 1.29 is 9.18 Å². The van der Waals surface area contributed by atoms with Crippen LogP contribution in [0, 0.1) is 5.82 Å².